The summed E-state index contributed by atoms with van der Waals surface area (Å²) in [5, 5.41) is 52.2. The van der Waals surface area contributed by atoms with E-state index in [4.69, 9.17) is 0 Å². The Morgan fingerprint density at radius 3 is 2.41 bits per heavy atom. The normalized spacial score (nSPS) is 26.3. The van der Waals surface area contributed by atoms with Gasteiger partial charge in [-0.15, -0.1) is 0 Å². The number of hydrogen-bond donors (Lipinski definition) is 6. The molecule has 1 amide bonds. The van der Waals surface area contributed by atoms with Gasteiger partial charge in [-0.3, -0.25) is 4.79 Å². The van der Waals surface area contributed by atoms with Crippen molar-refractivity contribution in [2.75, 3.05) is 13.7 Å². The maximum atomic E-state index is 13.8. The molecule has 0 saturated heterocycles. The van der Waals surface area contributed by atoms with E-state index >= 15 is 0 Å². The number of nitrogens with one attached hydrogen (secondary N) is 1. The van der Waals surface area contributed by atoms with Gasteiger partial charge in [0.2, 0.25) is 0 Å². The lowest BCUT2D eigenvalue weighted by Crippen LogP contribution is -2.75. The molecule has 2 aromatic rings. The van der Waals surface area contributed by atoms with Crippen LogP contribution in [0.25, 0.3) is 11.1 Å². The van der Waals surface area contributed by atoms with E-state index in [-0.39, 0.29) is 16.7 Å². The van der Waals surface area contributed by atoms with E-state index in [1.165, 1.54) is 25.2 Å². The molecular formula is C22H24F3NO6. The van der Waals surface area contributed by atoms with Gasteiger partial charge in [-0.2, -0.15) is 13.2 Å². The second-order valence-electron chi connectivity index (χ2n) is 7.86. The third-order valence-corrected chi connectivity index (χ3v) is 6.05. The maximum absolute atomic E-state index is 13.8. The Balaban J connectivity index is 1.96. The molecule has 0 bridgehead atoms. The first kappa shape index (κ1) is 24.1. The van der Waals surface area contributed by atoms with Crippen molar-refractivity contribution in [1.82, 2.24) is 5.32 Å². The summed E-state index contributed by atoms with van der Waals surface area (Å²) in [6.07, 6.45) is -10.7. The van der Waals surface area contributed by atoms with E-state index in [9.17, 15) is 43.5 Å². The van der Waals surface area contributed by atoms with Crippen molar-refractivity contribution in [3.8, 4) is 11.1 Å². The molecule has 32 heavy (non-hydrogen) atoms. The Labute approximate surface area is 181 Å². The highest BCUT2D eigenvalue weighted by atomic mass is 19.4. The van der Waals surface area contributed by atoms with Crippen LogP contribution in [-0.2, 0) is 12.6 Å². The third kappa shape index (κ3) is 4.12. The molecule has 10 heteroatoms. The SMILES string of the molecule is CNC(=O)c1cccc(-c2ccc(CC(O)C3(O)C(O)C(O)C3CO)c(C(F)(F)F)c2)c1. The first-order valence-electron chi connectivity index (χ1n) is 9.85. The number of hydrogen-bond acceptors (Lipinski definition) is 6. The van der Waals surface area contributed by atoms with Crippen LogP contribution in [0.5, 0.6) is 0 Å². The van der Waals surface area contributed by atoms with Crippen LogP contribution < -0.4 is 5.32 Å². The van der Waals surface area contributed by atoms with E-state index < -0.39 is 60.5 Å². The van der Waals surface area contributed by atoms with Crippen LogP contribution in [-0.4, -0.2) is 69.0 Å². The monoisotopic (exact) mass is 455 g/mol. The second-order valence-corrected chi connectivity index (χ2v) is 7.86. The third-order valence-electron chi connectivity index (χ3n) is 6.05. The average Bonchev–Trinajstić information content (AvgIpc) is 2.77. The van der Waals surface area contributed by atoms with Gasteiger partial charge >= 0.3 is 6.18 Å². The van der Waals surface area contributed by atoms with Gasteiger partial charge in [0.05, 0.1) is 24.4 Å². The summed E-state index contributed by atoms with van der Waals surface area (Å²) in [4.78, 5) is 11.8. The van der Waals surface area contributed by atoms with E-state index in [0.29, 0.717) is 5.56 Å². The number of benzene rings is 2. The lowest BCUT2D eigenvalue weighted by Gasteiger charge is -2.55. The molecule has 0 aliphatic heterocycles. The molecule has 0 spiro atoms. The van der Waals surface area contributed by atoms with Crippen molar-refractivity contribution < 1.29 is 43.5 Å². The zero-order chi connectivity index (χ0) is 23.8. The molecule has 1 aliphatic carbocycles. The Morgan fingerprint density at radius 1 is 1.16 bits per heavy atom. The zero-order valence-electron chi connectivity index (χ0n) is 17.0. The summed E-state index contributed by atoms with van der Waals surface area (Å²) in [6, 6.07) is 9.48. The molecule has 2 aromatic carbocycles. The number of halogens is 3. The summed E-state index contributed by atoms with van der Waals surface area (Å²) in [5.41, 5.74) is -2.91. The minimum absolute atomic E-state index is 0.187. The Morgan fingerprint density at radius 2 is 1.81 bits per heavy atom. The van der Waals surface area contributed by atoms with Crippen LogP contribution in [0.4, 0.5) is 13.2 Å². The molecule has 174 valence electrons. The fourth-order valence-corrected chi connectivity index (χ4v) is 4.12. The molecular weight excluding hydrogens is 431 g/mol. The summed E-state index contributed by atoms with van der Waals surface area (Å²) in [7, 11) is 1.43. The van der Waals surface area contributed by atoms with Crippen LogP contribution in [0.3, 0.4) is 0 Å². The van der Waals surface area contributed by atoms with Crippen molar-refractivity contribution >= 4 is 5.91 Å². The molecule has 5 unspecified atom stereocenters. The van der Waals surface area contributed by atoms with Gasteiger partial charge in [0.1, 0.15) is 11.7 Å². The van der Waals surface area contributed by atoms with E-state index in [1.54, 1.807) is 12.1 Å². The number of carbonyl (C=O) groups is 1. The largest absolute Gasteiger partial charge is 0.416 e. The minimum Gasteiger partial charge on any atom is -0.396 e. The number of rotatable bonds is 6. The number of amides is 1. The smallest absolute Gasteiger partial charge is 0.396 e. The summed E-state index contributed by atoms with van der Waals surface area (Å²) >= 11 is 0. The quantitative estimate of drug-likeness (QED) is 0.381. The predicted molar refractivity (Wildman–Crippen MR) is 108 cm³/mol. The molecule has 0 radical (unpaired) electrons. The van der Waals surface area contributed by atoms with Crippen molar-refractivity contribution in [1.29, 1.82) is 0 Å². The maximum Gasteiger partial charge on any atom is 0.416 e. The lowest BCUT2D eigenvalue weighted by molar-refractivity contribution is -0.300. The molecule has 6 N–H and O–H groups in total. The van der Waals surface area contributed by atoms with Gasteiger partial charge in [-0.1, -0.05) is 24.3 Å². The van der Waals surface area contributed by atoms with Gasteiger partial charge in [0, 0.05) is 24.9 Å². The lowest BCUT2D eigenvalue weighted by atomic mass is 9.61. The van der Waals surface area contributed by atoms with Crippen molar-refractivity contribution in [2.45, 2.75) is 36.5 Å². The standard InChI is InChI=1S/C22H24F3NO6/c1-26-20(31)14-4-2-3-11(7-14)12-5-6-13(15(8-12)22(23,24)25)9-17(28)21(32)16(10-27)18(29)19(21)30/h2-8,16-19,27-30,32H,9-10H2,1H3,(H,26,31). The molecule has 3 rings (SSSR count). The number of alkyl halides is 3. The summed E-state index contributed by atoms with van der Waals surface area (Å²) in [6.45, 7) is -0.765. The van der Waals surface area contributed by atoms with Crippen LogP contribution >= 0.6 is 0 Å². The fourth-order valence-electron chi connectivity index (χ4n) is 4.12. The van der Waals surface area contributed by atoms with E-state index in [2.05, 4.69) is 5.32 Å². The second kappa shape index (κ2) is 8.80. The van der Waals surface area contributed by atoms with Crippen molar-refractivity contribution in [3.63, 3.8) is 0 Å². The molecule has 0 heterocycles. The highest BCUT2D eigenvalue weighted by molar-refractivity contribution is 5.95. The first-order valence-corrected chi connectivity index (χ1v) is 9.85. The van der Waals surface area contributed by atoms with Gasteiger partial charge in [0.25, 0.3) is 5.91 Å². The number of aliphatic hydroxyl groups excluding tert-OH is 4. The summed E-state index contributed by atoms with van der Waals surface area (Å²) < 4.78 is 41.4. The minimum atomic E-state index is -4.79. The Kier molecular flexibility index (Phi) is 6.64. The average molecular weight is 455 g/mol. The summed E-state index contributed by atoms with van der Waals surface area (Å²) in [5.74, 6) is -1.69. The van der Waals surface area contributed by atoms with Gasteiger partial charge in [0.15, 0.2) is 0 Å². The highest BCUT2D eigenvalue weighted by Crippen LogP contribution is 2.43. The molecule has 1 aliphatic rings. The van der Waals surface area contributed by atoms with Crippen LogP contribution in [0, 0.1) is 5.92 Å². The number of aliphatic hydroxyl groups is 5. The van der Waals surface area contributed by atoms with Crippen LogP contribution in [0.2, 0.25) is 0 Å². The molecule has 0 aromatic heterocycles. The first-order chi connectivity index (χ1) is 14.9. The van der Waals surface area contributed by atoms with E-state index in [0.717, 1.165) is 12.1 Å². The predicted octanol–water partition coefficient (Wildman–Crippen LogP) is 0.710. The molecule has 1 fully saturated rings. The van der Waals surface area contributed by atoms with Gasteiger partial charge < -0.3 is 30.8 Å². The van der Waals surface area contributed by atoms with Crippen molar-refractivity contribution in [3.05, 3.63) is 59.2 Å². The number of carbonyl (C=O) groups excluding carboxylic acids is 1. The van der Waals surface area contributed by atoms with Crippen molar-refractivity contribution in [2.24, 2.45) is 5.92 Å². The molecule has 7 nitrogen and oxygen atoms in total. The fraction of sp³-hybridized carbons (Fsp3) is 0.409. The highest BCUT2D eigenvalue weighted by Gasteiger charge is 2.64. The van der Waals surface area contributed by atoms with Gasteiger partial charge in [-0.05, 0) is 34.9 Å². The Bertz CT molecular complexity index is 998. The zero-order valence-corrected chi connectivity index (χ0v) is 17.0. The van der Waals surface area contributed by atoms with Crippen LogP contribution in [0.15, 0.2) is 42.5 Å². The van der Waals surface area contributed by atoms with E-state index in [1.807, 2.05) is 0 Å². The Hall–Kier alpha value is -2.50. The van der Waals surface area contributed by atoms with Gasteiger partial charge in [-0.25, -0.2) is 0 Å². The van der Waals surface area contributed by atoms with Crippen LogP contribution in [0.1, 0.15) is 21.5 Å². The molecule has 1 saturated carbocycles. The topological polar surface area (TPSA) is 130 Å². The molecule has 5 atom stereocenters.